The fourth-order valence-corrected chi connectivity index (χ4v) is 4.97. The summed E-state index contributed by atoms with van der Waals surface area (Å²) in [7, 11) is -0.881. The number of aromatic nitrogens is 1. The molecule has 164 valence electrons. The topological polar surface area (TPSA) is 97.8 Å². The number of anilines is 1. The zero-order valence-corrected chi connectivity index (χ0v) is 18.5. The van der Waals surface area contributed by atoms with Gasteiger partial charge in [-0.1, -0.05) is 19.1 Å². The predicted molar refractivity (Wildman–Crippen MR) is 119 cm³/mol. The van der Waals surface area contributed by atoms with Gasteiger partial charge in [-0.15, -0.1) is 0 Å². The van der Waals surface area contributed by atoms with E-state index in [9.17, 15) is 13.2 Å². The highest BCUT2D eigenvalue weighted by atomic mass is 32.2. The molecule has 3 rings (SSSR count). The van der Waals surface area contributed by atoms with Gasteiger partial charge in [-0.25, -0.2) is 8.42 Å². The molecule has 1 amide bonds. The van der Waals surface area contributed by atoms with Gasteiger partial charge < -0.3 is 14.8 Å². The van der Waals surface area contributed by atoms with Crippen LogP contribution in [-0.4, -0.2) is 50.9 Å². The molecule has 0 aliphatic carbocycles. The van der Waals surface area contributed by atoms with Crippen molar-refractivity contribution >= 4 is 32.4 Å². The first kappa shape index (κ1) is 22.5. The second-order valence-electron chi connectivity index (χ2n) is 6.81. The van der Waals surface area contributed by atoms with E-state index >= 15 is 0 Å². The molecule has 0 saturated heterocycles. The number of carbonyl (C=O) groups is 1. The van der Waals surface area contributed by atoms with Crippen LogP contribution < -0.4 is 14.8 Å². The Morgan fingerprint density at radius 1 is 1.10 bits per heavy atom. The summed E-state index contributed by atoms with van der Waals surface area (Å²) < 4.78 is 38.4. The van der Waals surface area contributed by atoms with Gasteiger partial charge in [0.15, 0.2) is 11.5 Å². The van der Waals surface area contributed by atoms with Gasteiger partial charge in [-0.3, -0.25) is 9.78 Å². The molecule has 0 unspecified atom stereocenters. The molecule has 0 atom stereocenters. The van der Waals surface area contributed by atoms with Gasteiger partial charge in [-0.05, 0) is 30.7 Å². The van der Waals surface area contributed by atoms with E-state index in [4.69, 9.17) is 9.47 Å². The van der Waals surface area contributed by atoms with Crippen LogP contribution in [0.3, 0.4) is 0 Å². The van der Waals surface area contributed by atoms with Crippen molar-refractivity contribution in [2.75, 3.05) is 32.6 Å². The third-order valence-corrected chi connectivity index (χ3v) is 6.62. The molecule has 0 aliphatic rings. The van der Waals surface area contributed by atoms with Crippen molar-refractivity contribution in [2.45, 2.75) is 18.2 Å². The fraction of sp³-hybridized carbons (Fsp3) is 0.273. The Labute approximate surface area is 181 Å². The number of nitrogens with zero attached hydrogens (tertiary/aromatic N) is 2. The van der Waals surface area contributed by atoms with Crippen molar-refractivity contribution < 1.29 is 22.7 Å². The molecular formula is C22H25N3O5S. The van der Waals surface area contributed by atoms with Crippen LogP contribution in [0.25, 0.3) is 10.8 Å². The van der Waals surface area contributed by atoms with Crippen LogP contribution in [0.15, 0.2) is 59.8 Å². The van der Waals surface area contributed by atoms with Crippen molar-refractivity contribution in [2.24, 2.45) is 0 Å². The largest absolute Gasteiger partial charge is 0.493 e. The molecule has 31 heavy (non-hydrogen) atoms. The molecule has 3 aromatic rings. The van der Waals surface area contributed by atoms with Crippen LogP contribution in [0.2, 0.25) is 0 Å². The maximum Gasteiger partial charge on any atom is 0.244 e. The van der Waals surface area contributed by atoms with E-state index in [1.165, 1.54) is 18.5 Å². The molecule has 1 N–H and O–H groups in total. The minimum Gasteiger partial charge on any atom is -0.493 e. The summed E-state index contributed by atoms with van der Waals surface area (Å²) in [6, 6.07) is 11.6. The summed E-state index contributed by atoms with van der Waals surface area (Å²) in [4.78, 5) is 16.9. The van der Waals surface area contributed by atoms with Gasteiger partial charge in [0, 0.05) is 41.5 Å². The van der Waals surface area contributed by atoms with Crippen LogP contribution >= 0.6 is 0 Å². The van der Waals surface area contributed by atoms with E-state index in [2.05, 4.69) is 10.3 Å². The lowest BCUT2D eigenvalue weighted by molar-refractivity contribution is -0.116. The van der Waals surface area contributed by atoms with E-state index in [1.807, 2.05) is 6.92 Å². The van der Waals surface area contributed by atoms with Crippen LogP contribution in [0, 0.1) is 0 Å². The van der Waals surface area contributed by atoms with Gasteiger partial charge in [0.2, 0.25) is 15.9 Å². The number of hydrogen-bond donors (Lipinski definition) is 1. The van der Waals surface area contributed by atoms with E-state index < -0.39 is 15.9 Å². The van der Waals surface area contributed by atoms with Crippen LogP contribution in [0.4, 0.5) is 5.69 Å². The summed E-state index contributed by atoms with van der Waals surface area (Å²) in [5, 5.41) is 4.01. The number of carbonyl (C=O) groups excluding carboxylic acids is 1. The van der Waals surface area contributed by atoms with Crippen molar-refractivity contribution in [3.05, 3.63) is 54.9 Å². The van der Waals surface area contributed by atoms with E-state index in [0.29, 0.717) is 29.0 Å². The zero-order valence-electron chi connectivity index (χ0n) is 17.7. The van der Waals surface area contributed by atoms with Crippen molar-refractivity contribution in [3.63, 3.8) is 0 Å². The number of rotatable bonds is 9. The quantitative estimate of drug-likeness (QED) is 0.545. The maximum atomic E-state index is 13.4. The first-order chi connectivity index (χ1) is 14.9. The second-order valence-corrected chi connectivity index (χ2v) is 8.72. The number of sulfonamides is 1. The van der Waals surface area contributed by atoms with Gasteiger partial charge in [0.1, 0.15) is 0 Å². The summed E-state index contributed by atoms with van der Waals surface area (Å²) in [6.07, 6.45) is 3.73. The molecule has 9 heteroatoms. The Morgan fingerprint density at radius 3 is 2.58 bits per heavy atom. The molecule has 8 nitrogen and oxygen atoms in total. The number of amides is 1. The zero-order chi connectivity index (χ0) is 22.4. The fourth-order valence-electron chi connectivity index (χ4n) is 3.27. The lowest BCUT2D eigenvalue weighted by Crippen LogP contribution is -2.38. The maximum absolute atomic E-state index is 13.4. The van der Waals surface area contributed by atoms with Crippen LogP contribution in [-0.2, 0) is 14.8 Å². The van der Waals surface area contributed by atoms with E-state index in [1.54, 1.807) is 54.9 Å². The SMILES string of the molecule is CCCN(CC(=O)Nc1ccc(OC)c(OC)c1)S(=O)(=O)c1cccc2cnccc12. The molecule has 0 aliphatic heterocycles. The summed E-state index contributed by atoms with van der Waals surface area (Å²) in [5.41, 5.74) is 0.479. The second kappa shape index (κ2) is 9.76. The smallest absolute Gasteiger partial charge is 0.244 e. The summed E-state index contributed by atoms with van der Waals surface area (Å²) in [5.74, 6) is 0.537. The van der Waals surface area contributed by atoms with Crippen molar-refractivity contribution in [3.8, 4) is 11.5 Å². The normalized spacial score (nSPS) is 11.5. The summed E-state index contributed by atoms with van der Waals surface area (Å²) >= 11 is 0. The highest BCUT2D eigenvalue weighted by molar-refractivity contribution is 7.89. The van der Waals surface area contributed by atoms with Gasteiger partial charge >= 0.3 is 0 Å². The lowest BCUT2D eigenvalue weighted by atomic mass is 10.2. The third-order valence-electron chi connectivity index (χ3n) is 4.72. The number of benzene rings is 2. The number of ether oxygens (including phenoxy) is 2. The molecule has 0 saturated carbocycles. The van der Waals surface area contributed by atoms with E-state index in [-0.39, 0.29) is 18.0 Å². The van der Waals surface area contributed by atoms with Crippen molar-refractivity contribution in [1.82, 2.24) is 9.29 Å². The highest BCUT2D eigenvalue weighted by Crippen LogP contribution is 2.30. The van der Waals surface area contributed by atoms with Crippen LogP contribution in [0.1, 0.15) is 13.3 Å². The predicted octanol–water partition coefficient (Wildman–Crippen LogP) is 3.29. The van der Waals surface area contributed by atoms with Crippen LogP contribution in [0.5, 0.6) is 11.5 Å². The summed E-state index contributed by atoms with van der Waals surface area (Å²) in [6.45, 7) is 1.76. The highest BCUT2D eigenvalue weighted by Gasteiger charge is 2.27. The molecule has 0 radical (unpaired) electrons. The molecule has 0 fully saturated rings. The number of pyridine rings is 1. The molecule has 1 heterocycles. The molecule has 0 spiro atoms. The number of fused-ring (bicyclic) bond motifs is 1. The molecule has 0 bridgehead atoms. The standard InChI is InChI=1S/C22H25N3O5S/c1-4-12-25(15-22(26)24-17-8-9-19(29-2)20(13-17)30-3)31(27,28)21-7-5-6-16-14-23-11-10-18(16)21/h5-11,13-14H,4,12,15H2,1-3H3,(H,24,26). The molecule has 1 aromatic heterocycles. The van der Waals surface area contributed by atoms with Gasteiger partial charge in [0.25, 0.3) is 0 Å². The Hall–Kier alpha value is -3.17. The molecular weight excluding hydrogens is 418 g/mol. The lowest BCUT2D eigenvalue weighted by Gasteiger charge is -2.22. The van der Waals surface area contributed by atoms with Gasteiger partial charge in [-0.2, -0.15) is 4.31 Å². The Bertz CT molecular complexity index is 1180. The third kappa shape index (κ3) is 4.95. The van der Waals surface area contributed by atoms with Gasteiger partial charge in [0.05, 0.1) is 25.7 Å². The first-order valence-corrected chi connectivity index (χ1v) is 11.2. The number of hydrogen-bond acceptors (Lipinski definition) is 6. The average Bonchev–Trinajstić information content (AvgIpc) is 2.78. The van der Waals surface area contributed by atoms with Crippen molar-refractivity contribution in [1.29, 1.82) is 0 Å². The Morgan fingerprint density at radius 2 is 1.87 bits per heavy atom. The Kier molecular flexibility index (Phi) is 7.09. The molecule has 2 aromatic carbocycles. The first-order valence-electron chi connectivity index (χ1n) is 9.75. The Balaban J connectivity index is 1.85. The number of methoxy groups -OCH3 is 2. The minimum absolute atomic E-state index is 0.153. The van der Waals surface area contributed by atoms with E-state index in [0.717, 1.165) is 5.39 Å². The number of nitrogens with one attached hydrogen (secondary N) is 1. The monoisotopic (exact) mass is 443 g/mol. The average molecular weight is 444 g/mol. The minimum atomic E-state index is -3.90.